The van der Waals surface area contributed by atoms with Gasteiger partial charge in [-0.15, -0.1) is 12.4 Å². The lowest BCUT2D eigenvalue weighted by Crippen LogP contribution is -2.50. The lowest BCUT2D eigenvalue weighted by atomic mass is 9.87. The highest BCUT2D eigenvalue weighted by Crippen LogP contribution is 2.32. The van der Waals surface area contributed by atoms with Crippen LogP contribution >= 0.6 is 12.4 Å². The predicted molar refractivity (Wildman–Crippen MR) is 80.2 cm³/mol. The fraction of sp³-hybridized carbons (Fsp3) is 0.533. The SMILES string of the molecule is CC(C(=O)NC1CCOc2ccccc21)C1CNC1.Cl. The fourth-order valence-corrected chi connectivity index (χ4v) is 2.67. The summed E-state index contributed by atoms with van der Waals surface area (Å²) in [5.74, 6) is 1.62. The summed E-state index contributed by atoms with van der Waals surface area (Å²) in [6, 6.07) is 8.05. The maximum Gasteiger partial charge on any atom is 0.223 e. The topological polar surface area (TPSA) is 50.4 Å². The van der Waals surface area contributed by atoms with Crippen molar-refractivity contribution in [3.05, 3.63) is 29.8 Å². The minimum absolute atomic E-state index is 0. The van der Waals surface area contributed by atoms with Crippen LogP contribution in [-0.4, -0.2) is 25.6 Å². The van der Waals surface area contributed by atoms with Gasteiger partial charge in [-0.05, 0) is 25.1 Å². The van der Waals surface area contributed by atoms with Crippen LogP contribution < -0.4 is 15.4 Å². The van der Waals surface area contributed by atoms with Crippen LogP contribution in [0.15, 0.2) is 24.3 Å². The zero-order valence-electron chi connectivity index (χ0n) is 11.6. The Morgan fingerprint density at radius 3 is 2.85 bits per heavy atom. The van der Waals surface area contributed by atoms with Gasteiger partial charge in [0.15, 0.2) is 0 Å². The number of carbonyl (C=O) groups is 1. The van der Waals surface area contributed by atoms with Gasteiger partial charge in [0, 0.05) is 17.9 Å². The molecule has 0 saturated carbocycles. The van der Waals surface area contributed by atoms with Crippen LogP contribution in [0.2, 0.25) is 0 Å². The van der Waals surface area contributed by atoms with E-state index in [1.807, 2.05) is 31.2 Å². The summed E-state index contributed by atoms with van der Waals surface area (Å²) < 4.78 is 5.61. The first kappa shape index (κ1) is 15.1. The van der Waals surface area contributed by atoms with Crippen molar-refractivity contribution in [3.8, 4) is 5.75 Å². The van der Waals surface area contributed by atoms with Gasteiger partial charge in [-0.1, -0.05) is 25.1 Å². The van der Waals surface area contributed by atoms with Crippen LogP contribution in [0.25, 0.3) is 0 Å². The molecule has 2 aliphatic heterocycles. The van der Waals surface area contributed by atoms with Gasteiger partial charge in [0.1, 0.15) is 5.75 Å². The second-order valence-corrected chi connectivity index (χ2v) is 5.44. The Hall–Kier alpha value is -1.26. The molecule has 4 nitrogen and oxygen atoms in total. The molecular weight excluding hydrogens is 276 g/mol. The fourth-order valence-electron chi connectivity index (χ4n) is 2.67. The van der Waals surface area contributed by atoms with E-state index in [4.69, 9.17) is 4.74 Å². The monoisotopic (exact) mass is 296 g/mol. The van der Waals surface area contributed by atoms with Crippen LogP contribution in [0, 0.1) is 11.8 Å². The lowest BCUT2D eigenvalue weighted by Gasteiger charge is -2.33. The Balaban J connectivity index is 0.00000147. The molecule has 0 bridgehead atoms. The number of para-hydroxylation sites is 1. The summed E-state index contributed by atoms with van der Waals surface area (Å²) in [6.45, 7) is 4.60. The normalized spacial score (nSPS) is 22.6. The van der Waals surface area contributed by atoms with Crippen LogP contribution in [0.1, 0.15) is 24.9 Å². The number of amides is 1. The third kappa shape index (κ3) is 2.91. The number of rotatable bonds is 3. The second kappa shape index (κ2) is 6.46. The number of halogens is 1. The van der Waals surface area contributed by atoms with Crippen molar-refractivity contribution in [2.24, 2.45) is 11.8 Å². The van der Waals surface area contributed by atoms with Gasteiger partial charge in [0.25, 0.3) is 0 Å². The summed E-state index contributed by atoms with van der Waals surface area (Å²) >= 11 is 0. The number of hydrogen-bond donors (Lipinski definition) is 2. The minimum Gasteiger partial charge on any atom is -0.493 e. The van der Waals surface area contributed by atoms with Gasteiger partial charge in [0.2, 0.25) is 5.91 Å². The van der Waals surface area contributed by atoms with E-state index in [1.54, 1.807) is 0 Å². The zero-order valence-corrected chi connectivity index (χ0v) is 12.4. The number of ether oxygens (including phenoxy) is 1. The van der Waals surface area contributed by atoms with E-state index in [9.17, 15) is 4.79 Å². The molecule has 0 aliphatic carbocycles. The summed E-state index contributed by atoms with van der Waals surface area (Å²) in [4.78, 5) is 12.3. The van der Waals surface area contributed by atoms with Crippen molar-refractivity contribution in [2.75, 3.05) is 19.7 Å². The van der Waals surface area contributed by atoms with Crippen molar-refractivity contribution in [1.82, 2.24) is 10.6 Å². The molecule has 1 saturated heterocycles. The van der Waals surface area contributed by atoms with Gasteiger partial charge < -0.3 is 15.4 Å². The number of fused-ring (bicyclic) bond motifs is 1. The van der Waals surface area contributed by atoms with E-state index in [-0.39, 0.29) is 30.3 Å². The minimum atomic E-state index is 0. The Bertz CT molecular complexity index is 477. The first-order valence-electron chi connectivity index (χ1n) is 6.98. The first-order chi connectivity index (χ1) is 9.25. The third-order valence-corrected chi connectivity index (χ3v) is 4.21. The van der Waals surface area contributed by atoms with E-state index < -0.39 is 0 Å². The molecule has 20 heavy (non-hydrogen) atoms. The Labute approximate surface area is 125 Å². The van der Waals surface area contributed by atoms with Gasteiger partial charge >= 0.3 is 0 Å². The molecule has 110 valence electrons. The molecule has 1 aromatic rings. The molecule has 5 heteroatoms. The average molecular weight is 297 g/mol. The van der Waals surface area contributed by atoms with Crippen LogP contribution in [0.3, 0.4) is 0 Å². The molecule has 3 rings (SSSR count). The highest BCUT2D eigenvalue weighted by atomic mass is 35.5. The second-order valence-electron chi connectivity index (χ2n) is 5.44. The lowest BCUT2D eigenvalue weighted by molar-refractivity contribution is -0.127. The molecule has 2 atom stereocenters. The van der Waals surface area contributed by atoms with E-state index in [1.165, 1.54) is 0 Å². The summed E-state index contributed by atoms with van der Waals surface area (Å²) in [7, 11) is 0. The van der Waals surface area contributed by atoms with Crippen LogP contribution in [0.5, 0.6) is 5.75 Å². The molecule has 1 fully saturated rings. The number of nitrogens with one attached hydrogen (secondary N) is 2. The maximum absolute atomic E-state index is 12.3. The van der Waals surface area contributed by atoms with Crippen molar-refractivity contribution in [2.45, 2.75) is 19.4 Å². The molecular formula is C15H21ClN2O2. The van der Waals surface area contributed by atoms with E-state index in [0.29, 0.717) is 12.5 Å². The summed E-state index contributed by atoms with van der Waals surface area (Å²) in [5.41, 5.74) is 1.10. The molecule has 2 aliphatic rings. The molecule has 2 unspecified atom stereocenters. The molecule has 0 radical (unpaired) electrons. The van der Waals surface area contributed by atoms with Crippen LogP contribution in [0.4, 0.5) is 0 Å². The van der Waals surface area contributed by atoms with Gasteiger partial charge in [-0.25, -0.2) is 0 Å². The molecule has 2 heterocycles. The molecule has 0 aromatic heterocycles. The molecule has 1 aromatic carbocycles. The summed E-state index contributed by atoms with van der Waals surface area (Å²) in [5, 5.41) is 6.39. The Kier molecular flexibility index (Phi) is 4.89. The molecule has 0 spiro atoms. The van der Waals surface area contributed by atoms with Crippen molar-refractivity contribution in [1.29, 1.82) is 0 Å². The number of carbonyl (C=O) groups excluding carboxylic acids is 1. The highest BCUT2D eigenvalue weighted by Gasteiger charge is 2.31. The largest absolute Gasteiger partial charge is 0.493 e. The Morgan fingerprint density at radius 2 is 2.15 bits per heavy atom. The standard InChI is InChI=1S/C15H20N2O2.ClH/c1-10(11-8-16-9-11)15(18)17-13-6-7-19-14-5-3-2-4-12(13)14;/h2-5,10-11,13,16H,6-9H2,1H3,(H,17,18);1H. The molecule has 1 amide bonds. The maximum atomic E-state index is 12.3. The Morgan fingerprint density at radius 1 is 1.40 bits per heavy atom. The van der Waals surface area contributed by atoms with Crippen molar-refractivity contribution >= 4 is 18.3 Å². The third-order valence-electron chi connectivity index (χ3n) is 4.21. The van der Waals surface area contributed by atoms with E-state index in [2.05, 4.69) is 10.6 Å². The quantitative estimate of drug-likeness (QED) is 0.896. The van der Waals surface area contributed by atoms with E-state index >= 15 is 0 Å². The highest BCUT2D eigenvalue weighted by molar-refractivity contribution is 5.85. The van der Waals surface area contributed by atoms with Crippen LogP contribution in [-0.2, 0) is 4.79 Å². The number of hydrogen-bond acceptors (Lipinski definition) is 3. The van der Waals surface area contributed by atoms with Gasteiger partial charge in [-0.2, -0.15) is 0 Å². The average Bonchev–Trinajstić information content (AvgIpc) is 2.37. The van der Waals surface area contributed by atoms with E-state index in [0.717, 1.165) is 30.8 Å². The summed E-state index contributed by atoms with van der Waals surface area (Å²) in [6.07, 6.45) is 0.846. The van der Waals surface area contributed by atoms with Crippen molar-refractivity contribution in [3.63, 3.8) is 0 Å². The molecule has 2 N–H and O–H groups in total. The van der Waals surface area contributed by atoms with Crippen molar-refractivity contribution < 1.29 is 9.53 Å². The van der Waals surface area contributed by atoms with Gasteiger partial charge in [-0.3, -0.25) is 4.79 Å². The van der Waals surface area contributed by atoms with Gasteiger partial charge in [0.05, 0.1) is 12.6 Å². The zero-order chi connectivity index (χ0) is 13.2. The predicted octanol–water partition coefficient (Wildman–Crippen LogP) is 1.90. The smallest absolute Gasteiger partial charge is 0.223 e. The first-order valence-corrected chi connectivity index (χ1v) is 6.98. The number of benzene rings is 1.